The number of carbonyl (C=O) groups excluding carboxylic acids is 2. The van der Waals surface area contributed by atoms with Crippen LogP contribution in [0.25, 0.3) is 16.6 Å². The molecule has 3 heterocycles. The lowest BCUT2D eigenvalue weighted by Gasteiger charge is -2.26. The van der Waals surface area contributed by atoms with Gasteiger partial charge < -0.3 is 25.3 Å². The molecule has 0 fully saturated rings. The molecule has 0 radical (unpaired) electrons. The summed E-state index contributed by atoms with van der Waals surface area (Å²) in [4.78, 5) is 38.5. The van der Waals surface area contributed by atoms with Crippen molar-refractivity contribution >= 4 is 34.2 Å². The Morgan fingerprint density at radius 3 is 2.67 bits per heavy atom. The molecule has 2 aromatic heterocycles. The zero-order chi connectivity index (χ0) is 25.1. The number of fused-ring (bicyclic) bond motifs is 1. The Kier molecular flexibility index (Phi) is 6.36. The molecule has 4 aromatic rings. The van der Waals surface area contributed by atoms with Crippen LogP contribution in [0.5, 0.6) is 11.5 Å². The summed E-state index contributed by atoms with van der Waals surface area (Å²) < 4.78 is 5.91. The third-order valence-corrected chi connectivity index (χ3v) is 6.11. The molecule has 9 heteroatoms. The van der Waals surface area contributed by atoms with Gasteiger partial charge in [0.2, 0.25) is 0 Å². The average Bonchev–Trinajstić information content (AvgIpc) is 3.29. The number of aromatic nitrogens is 3. The van der Waals surface area contributed by atoms with Gasteiger partial charge in [-0.05, 0) is 54.8 Å². The molecule has 3 amide bonds. The Labute approximate surface area is 208 Å². The third kappa shape index (κ3) is 4.76. The molecule has 5 rings (SSSR count). The maximum absolute atomic E-state index is 12.9. The summed E-state index contributed by atoms with van der Waals surface area (Å²) >= 11 is 0. The maximum atomic E-state index is 12.9. The zero-order valence-electron chi connectivity index (χ0n) is 20.0. The van der Waals surface area contributed by atoms with Gasteiger partial charge in [-0.25, -0.2) is 14.8 Å². The van der Waals surface area contributed by atoms with Crippen molar-refractivity contribution in [1.82, 2.24) is 25.2 Å². The van der Waals surface area contributed by atoms with Crippen molar-refractivity contribution < 1.29 is 14.3 Å². The van der Waals surface area contributed by atoms with Crippen LogP contribution in [0.1, 0.15) is 28.0 Å². The van der Waals surface area contributed by atoms with Crippen LogP contribution in [0.2, 0.25) is 0 Å². The van der Waals surface area contributed by atoms with Gasteiger partial charge in [-0.3, -0.25) is 4.79 Å². The first-order valence-electron chi connectivity index (χ1n) is 11.7. The number of hydrogen-bond acceptors (Lipinski definition) is 5. The zero-order valence-corrected chi connectivity index (χ0v) is 20.0. The van der Waals surface area contributed by atoms with Crippen molar-refractivity contribution in [2.24, 2.45) is 0 Å². The molecular formula is C27H26N6O3. The van der Waals surface area contributed by atoms with Crippen LogP contribution in [-0.2, 0) is 0 Å². The lowest BCUT2D eigenvalue weighted by atomic mass is 10.0. The highest BCUT2D eigenvalue weighted by Crippen LogP contribution is 2.29. The molecule has 2 aromatic carbocycles. The van der Waals surface area contributed by atoms with Crippen LogP contribution in [0.3, 0.4) is 0 Å². The summed E-state index contributed by atoms with van der Waals surface area (Å²) in [5, 5.41) is 6.57. The molecule has 3 N–H and O–H groups in total. The lowest BCUT2D eigenvalue weighted by molar-refractivity contribution is 0.0962. The monoisotopic (exact) mass is 482 g/mol. The van der Waals surface area contributed by atoms with E-state index in [0.717, 1.165) is 27.9 Å². The molecule has 9 nitrogen and oxygen atoms in total. The number of H-pyrrole nitrogens is 1. The minimum Gasteiger partial charge on any atom is -0.457 e. The highest BCUT2D eigenvalue weighted by atomic mass is 16.5. The summed E-state index contributed by atoms with van der Waals surface area (Å²) in [6.07, 6.45) is 6.26. The molecule has 0 aliphatic carbocycles. The molecule has 1 aliphatic heterocycles. The fraction of sp³-hybridized carbons (Fsp3) is 0.185. The number of carbonyl (C=O) groups is 2. The van der Waals surface area contributed by atoms with E-state index in [9.17, 15) is 9.59 Å². The standard InChI is InChI=1S/C27H26N6O3/c1-17-15-29-25-23(17)24(30-16-31-25)18-9-11-33(12-10-18)27(35)32-20-6-4-8-22(14-20)36-21-7-3-5-19(13-21)26(34)28-2/h3-9,13-16H,10-12H2,1-2H3,(H,28,34)(H,32,35)(H,29,30,31). The van der Waals surface area contributed by atoms with Crippen LogP contribution < -0.4 is 15.4 Å². The van der Waals surface area contributed by atoms with Gasteiger partial charge in [0.25, 0.3) is 5.91 Å². The van der Waals surface area contributed by atoms with Gasteiger partial charge in [0.15, 0.2) is 0 Å². The molecule has 182 valence electrons. The molecular weight excluding hydrogens is 456 g/mol. The number of urea groups is 1. The van der Waals surface area contributed by atoms with Crippen molar-refractivity contribution in [3.05, 3.63) is 84.0 Å². The highest BCUT2D eigenvalue weighted by Gasteiger charge is 2.21. The summed E-state index contributed by atoms with van der Waals surface area (Å²) in [5.74, 6) is 0.898. The Morgan fingerprint density at radius 2 is 1.89 bits per heavy atom. The number of ether oxygens (including phenoxy) is 1. The largest absolute Gasteiger partial charge is 0.457 e. The molecule has 1 aliphatic rings. The molecule has 0 unspecified atom stereocenters. The molecule has 36 heavy (non-hydrogen) atoms. The number of rotatable bonds is 5. The predicted molar refractivity (Wildman–Crippen MR) is 138 cm³/mol. The topological polar surface area (TPSA) is 112 Å². The second kappa shape index (κ2) is 9.91. The minimum absolute atomic E-state index is 0.185. The number of amides is 3. The summed E-state index contributed by atoms with van der Waals surface area (Å²) in [5.41, 5.74) is 5.08. The summed E-state index contributed by atoms with van der Waals surface area (Å²) in [7, 11) is 1.58. The maximum Gasteiger partial charge on any atom is 0.322 e. The Bertz CT molecular complexity index is 1480. The molecule has 0 saturated carbocycles. The Morgan fingerprint density at radius 1 is 1.08 bits per heavy atom. The summed E-state index contributed by atoms with van der Waals surface area (Å²) in [6.45, 7) is 3.10. The second-order valence-corrected chi connectivity index (χ2v) is 8.51. The number of hydrogen-bond donors (Lipinski definition) is 3. The fourth-order valence-corrected chi connectivity index (χ4v) is 4.25. The second-order valence-electron chi connectivity index (χ2n) is 8.51. The molecule has 0 saturated heterocycles. The summed E-state index contributed by atoms with van der Waals surface area (Å²) in [6, 6.07) is 13.9. The Hall–Kier alpha value is -4.66. The van der Waals surface area contributed by atoms with E-state index >= 15 is 0 Å². The smallest absolute Gasteiger partial charge is 0.322 e. The fourth-order valence-electron chi connectivity index (χ4n) is 4.25. The molecule has 0 atom stereocenters. The number of aryl methyl sites for hydroxylation is 1. The van der Waals surface area contributed by atoms with Gasteiger partial charge in [0.1, 0.15) is 23.5 Å². The van der Waals surface area contributed by atoms with Crippen LogP contribution in [0.15, 0.2) is 67.1 Å². The van der Waals surface area contributed by atoms with E-state index in [1.54, 1.807) is 60.7 Å². The van der Waals surface area contributed by atoms with Crippen molar-refractivity contribution in [3.8, 4) is 11.5 Å². The number of nitrogens with one attached hydrogen (secondary N) is 3. The van der Waals surface area contributed by atoms with Crippen LogP contribution >= 0.6 is 0 Å². The lowest BCUT2D eigenvalue weighted by Crippen LogP contribution is -2.37. The number of aromatic amines is 1. The van der Waals surface area contributed by atoms with Gasteiger partial charge in [0, 0.05) is 49.0 Å². The Balaban J connectivity index is 1.25. The number of benzene rings is 2. The number of anilines is 1. The van der Waals surface area contributed by atoms with Crippen LogP contribution in [-0.4, -0.2) is 51.9 Å². The third-order valence-electron chi connectivity index (χ3n) is 6.11. The van der Waals surface area contributed by atoms with Crippen molar-refractivity contribution in [2.45, 2.75) is 13.3 Å². The van der Waals surface area contributed by atoms with E-state index in [-0.39, 0.29) is 11.9 Å². The van der Waals surface area contributed by atoms with E-state index in [2.05, 4.69) is 31.7 Å². The average molecular weight is 483 g/mol. The number of nitrogens with zero attached hydrogens (tertiary/aromatic N) is 3. The first kappa shape index (κ1) is 23.1. The van der Waals surface area contributed by atoms with Crippen LogP contribution in [0.4, 0.5) is 10.5 Å². The van der Waals surface area contributed by atoms with Gasteiger partial charge >= 0.3 is 6.03 Å². The van der Waals surface area contributed by atoms with Crippen molar-refractivity contribution in [3.63, 3.8) is 0 Å². The minimum atomic E-state index is -0.187. The first-order chi connectivity index (χ1) is 17.5. The quantitative estimate of drug-likeness (QED) is 0.380. The van der Waals surface area contributed by atoms with Gasteiger partial charge in [0.05, 0.1) is 5.69 Å². The van der Waals surface area contributed by atoms with Crippen molar-refractivity contribution in [1.29, 1.82) is 0 Å². The molecule has 0 bridgehead atoms. The molecule has 0 spiro atoms. The van der Waals surface area contributed by atoms with Gasteiger partial charge in [-0.1, -0.05) is 18.2 Å². The normalized spacial score (nSPS) is 13.3. The van der Waals surface area contributed by atoms with E-state index in [1.165, 1.54) is 0 Å². The van der Waals surface area contributed by atoms with Crippen molar-refractivity contribution in [2.75, 3.05) is 25.5 Å². The van der Waals surface area contributed by atoms with E-state index < -0.39 is 0 Å². The highest BCUT2D eigenvalue weighted by molar-refractivity contribution is 5.94. The van der Waals surface area contributed by atoms with Crippen LogP contribution in [0, 0.1) is 6.92 Å². The first-order valence-corrected chi connectivity index (χ1v) is 11.7. The van der Waals surface area contributed by atoms with Gasteiger partial charge in [-0.15, -0.1) is 0 Å². The van der Waals surface area contributed by atoms with E-state index in [1.807, 2.05) is 19.2 Å². The predicted octanol–water partition coefficient (Wildman–Crippen LogP) is 4.74. The van der Waals surface area contributed by atoms with Gasteiger partial charge in [-0.2, -0.15) is 0 Å². The SMILES string of the molecule is CNC(=O)c1cccc(Oc2cccc(NC(=O)N3CC=C(c4ncnc5[nH]cc(C)c45)CC3)c2)c1. The van der Waals surface area contributed by atoms with E-state index in [4.69, 9.17) is 4.74 Å². The van der Waals surface area contributed by atoms with E-state index in [0.29, 0.717) is 42.3 Å².